The molecule has 1 aliphatic heterocycles. The number of benzene rings is 1. The molecular weight excluding hydrogens is 386 g/mol. The molecule has 1 N–H and O–H groups in total. The summed E-state index contributed by atoms with van der Waals surface area (Å²) >= 11 is 1.47. The van der Waals surface area contributed by atoms with Crippen LogP contribution in [0.15, 0.2) is 58.0 Å². The quantitative estimate of drug-likeness (QED) is 0.380. The number of carbonyl (C=O) groups is 2. The number of amides is 1. The second kappa shape index (κ2) is 7.37. The van der Waals surface area contributed by atoms with Gasteiger partial charge >= 0.3 is 0 Å². The topological polar surface area (TPSA) is 70.8 Å². The Bertz CT molecular complexity index is 1120. The molecule has 6 heteroatoms. The first-order valence-corrected chi connectivity index (χ1v) is 10.2. The van der Waals surface area contributed by atoms with Gasteiger partial charge in [-0.3, -0.25) is 9.59 Å². The van der Waals surface area contributed by atoms with Gasteiger partial charge in [0.25, 0.3) is 11.7 Å². The maximum absolute atomic E-state index is 13.0. The number of aryl methyl sites for hydroxylation is 3. The van der Waals surface area contributed by atoms with Crippen LogP contribution in [-0.2, 0) is 16.1 Å². The SMILES string of the molecule is Cc1ccc(C)c(/C(O)=C2\C(=O)C(=O)N(Cc3ccco3)C2c2sccc2C)c1. The van der Waals surface area contributed by atoms with E-state index in [1.54, 1.807) is 12.1 Å². The first kappa shape index (κ1) is 19.2. The van der Waals surface area contributed by atoms with Crippen molar-refractivity contribution in [2.24, 2.45) is 0 Å². The molecular formula is C23H21NO4S. The molecule has 0 bridgehead atoms. The fourth-order valence-corrected chi connectivity index (χ4v) is 4.73. The van der Waals surface area contributed by atoms with E-state index in [1.807, 2.05) is 50.4 Å². The molecule has 1 aromatic carbocycles. The molecule has 148 valence electrons. The lowest BCUT2D eigenvalue weighted by Gasteiger charge is -2.24. The number of nitrogens with zero attached hydrogens (tertiary/aromatic N) is 1. The Kier molecular flexibility index (Phi) is 4.88. The van der Waals surface area contributed by atoms with Gasteiger partial charge in [0, 0.05) is 10.4 Å². The second-order valence-corrected chi connectivity index (χ2v) is 8.24. The molecule has 0 radical (unpaired) electrons. The normalized spacial score (nSPS) is 18.6. The fourth-order valence-electron chi connectivity index (χ4n) is 3.69. The zero-order chi connectivity index (χ0) is 20.7. The molecule has 1 atom stereocenters. The van der Waals surface area contributed by atoms with Crippen molar-refractivity contribution in [1.82, 2.24) is 4.90 Å². The van der Waals surface area contributed by atoms with Gasteiger partial charge in [-0.2, -0.15) is 0 Å². The third-order valence-electron chi connectivity index (χ3n) is 5.24. The van der Waals surface area contributed by atoms with Crippen molar-refractivity contribution in [1.29, 1.82) is 0 Å². The molecule has 3 heterocycles. The number of hydrogen-bond acceptors (Lipinski definition) is 5. The number of aliphatic hydroxyl groups excluding tert-OH is 1. The van der Waals surface area contributed by atoms with Crippen LogP contribution in [-0.4, -0.2) is 21.7 Å². The average Bonchev–Trinajstić information content (AvgIpc) is 3.41. The highest BCUT2D eigenvalue weighted by molar-refractivity contribution is 7.10. The van der Waals surface area contributed by atoms with Crippen LogP contribution < -0.4 is 0 Å². The molecule has 1 saturated heterocycles. The van der Waals surface area contributed by atoms with E-state index in [-0.39, 0.29) is 17.9 Å². The third-order valence-corrected chi connectivity index (χ3v) is 6.32. The van der Waals surface area contributed by atoms with Gasteiger partial charge in [0.15, 0.2) is 0 Å². The molecule has 29 heavy (non-hydrogen) atoms. The number of Topliss-reactive ketones (excluding diaryl/α,β-unsaturated/α-hetero) is 1. The van der Waals surface area contributed by atoms with E-state index >= 15 is 0 Å². The highest BCUT2D eigenvalue weighted by atomic mass is 32.1. The minimum Gasteiger partial charge on any atom is -0.507 e. The molecule has 0 spiro atoms. The lowest BCUT2D eigenvalue weighted by molar-refractivity contribution is -0.140. The van der Waals surface area contributed by atoms with E-state index in [0.717, 1.165) is 21.6 Å². The Morgan fingerprint density at radius 3 is 2.59 bits per heavy atom. The molecule has 3 aromatic rings. The van der Waals surface area contributed by atoms with Crippen LogP contribution in [0.4, 0.5) is 0 Å². The summed E-state index contributed by atoms with van der Waals surface area (Å²) in [6, 6.07) is 10.5. The summed E-state index contributed by atoms with van der Waals surface area (Å²) < 4.78 is 5.41. The highest BCUT2D eigenvalue weighted by Gasteiger charge is 2.47. The molecule has 5 nitrogen and oxygen atoms in total. The summed E-state index contributed by atoms with van der Waals surface area (Å²) in [5.41, 5.74) is 3.47. The Hall–Kier alpha value is -3.12. The molecule has 0 aliphatic carbocycles. The van der Waals surface area contributed by atoms with Gasteiger partial charge in [-0.15, -0.1) is 11.3 Å². The number of carbonyl (C=O) groups excluding carboxylic acids is 2. The monoisotopic (exact) mass is 407 g/mol. The van der Waals surface area contributed by atoms with Crippen molar-refractivity contribution >= 4 is 28.8 Å². The van der Waals surface area contributed by atoms with E-state index in [1.165, 1.54) is 22.5 Å². The molecule has 1 amide bonds. The third kappa shape index (κ3) is 3.29. The standard InChI is InChI=1S/C23H21NO4S/c1-13-6-7-14(2)17(11-13)20(25)18-19(22-15(3)8-10-29-22)24(23(27)21(18)26)12-16-5-4-9-28-16/h4-11,19,25H,12H2,1-3H3/b20-18+. The highest BCUT2D eigenvalue weighted by Crippen LogP contribution is 2.43. The van der Waals surface area contributed by atoms with Gasteiger partial charge in [-0.1, -0.05) is 17.7 Å². The Balaban J connectivity index is 1.91. The Morgan fingerprint density at radius 2 is 1.93 bits per heavy atom. The van der Waals surface area contributed by atoms with Gasteiger partial charge in [0.2, 0.25) is 0 Å². The van der Waals surface area contributed by atoms with Crippen molar-refractivity contribution < 1.29 is 19.1 Å². The second-order valence-electron chi connectivity index (χ2n) is 7.29. The van der Waals surface area contributed by atoms with Crippen LogP contribution in [0.2, 0.25) is 0 Å². The van der Waals surface area contributed by atoms with E-state index in [0.29, 0.717) is 11.3 Å². The van der Waals surface area contributed by atoms with Crippen LogP contribution >= 0.6 is 11.3 Å². The van der Waals surface area contributed by atoms with E-state index in [9.17, 15) is 14.7 Å². The maximum atomic E-state index is 13.0. The number of thiophene rings is 1. The van der Waals surface area contributed by atoms with Crippen molar-refractivity contribution in [3.05, 3.63) is 86.5 Å². The summed E-state index contributed by atoms with van der Waals surface area (Å²) in [6.45, 7) is 5.89. The summed E-state index contributed by atoms with van der Waals surface area (Å²) in [5.74, 6) is -0.860. The van der Waals surface area contributed by atoms with Gasteiger partial charge < -0.3 is 14.4 Å². The van der Waals surface area contributed by atoms with Crippen LogP contribution in [0.5, 0.6) is 0 Å². The predicted octanol–water partition coefficient (Wildman–Crippen LogP) is 4.89. The molecule has 1 unspecified atom stereocenters. The van der Waals surface area contributed by atoms with Crippen LogP contribution in [0.25, 0.3) is 5.76 Å². The zero-order valence-corrected chi connectivity index (χ0v) is 17.2. The number of aliphatic hydroxyl groups is 1. The summed E-state index contributed by atoms with van der Waals surface area (Å²) in [6.07, 6.45) is 1.54. The largest absolute Gasteiger partial charge is 0.507 e. The van der Waals surface area contributed by atoms with Gasteiger partial charge in [0.05, 0.1) is 18.4 Å². The fraction of sp³-hybridized carbons (Fsp3) is 0.217. The Morgan fingerprint density at radius 1 is 1.14 bits per heavy atom. The smallest absolute Gasteiger partial charge is 0.296 e. The van der Waals surface area contributed by atoms with E-state index in [4.69, 9.17) is 4.42 Å². The minimum atomic E-state index is -0.673. The van der Waals surface area contributed by atoms with E-state index < -0.39 is 17.7 Å². The van der Waals surface area contributed by atoms with Gasteiger partial charge in [0.1, 0.15) is 17.6 Å². The number of hydrogen-bond donors (Lipinski definition) is 1. The number of furan rings is 1. The molecule has 1 fully saturated rings. The van der Waals surface area contributed by atoms with Crippen molar-refractivity contribution in [3.8, 4) is 0 Å². The van der Waals surface area contributed by atoms with E-state index in [2.05, 4.69) is 0 Å². The summed E-state index contributed by atoms with van der Waals surface area (Å²) in [5, 5.41) is 13.1. The van der Waals surface area contributed by atoms with Crippen molar-refractivity contribution in [3.63, 3.8) is 0 Å². The van der Waals surface area contributed by atoms with Crippen LogP contribution in [0.3, 0.4) is 0 Å². The van der Waals surface area contributed by atoms with Gasteiger partial charge in [-0.05, 0) is 61.5 Å². The average molecular weight is 407 g/mol. The predicted molar refractivity (Wildman–Crippen MR) is 112 cm³/mol. The lowest BCUT2D eigenvalue weighted by atomic mass is 9.95. The maximum Gasteiger partial charge on any atom is 0.296 e. The van der Waals surface area contributed by atoms with Gasteiger partial charge in [-0.25, -0.2) is 0 Å². The molecule has 1 aliphatic rings. The first-order chi connectivity index (χ1) is 13.9. The first-order valence-electron chi connectivity index (χ1n) is 9.31. The Labute approximate surface area is 172 Å². The van der Waals surface area contributed by atoms with Crippen LogP contribution in [0.1, 0.15) is 38.9 Å². The lowest BCUT2D eigenvalue weighted by Crippen LogP contribution is -2.28. The number of likely N-dealkylation sites (tertiary alicyclic amines) is 1. The van der Waals surface area contributed by atoms with Crippen molar-refractivity contribution in [2.45, 2.75) is 33.4 Å². The number of rotatable bonds is 4. The van der Waals surface area contributed by atoms with Crippen LogP contribution in [0, 0.1) is 20.8 Å². The van der Waals surface area contributed by atoms with Crippen molar-refractivity contribution in [2.75, 3.05) is 0 Å². The zero-order valence-electron chi connectivity index (χ0n) is 16.4. The summed E-state index contributed by atoms with van der Waals surface area (Å²) in [7, 11) is 0. The molecule has 2 aromatic heterocycles. The molecule has 4 rings (SSSR count). The molecule has 0 saturated carbocycles. The summed E-state index contributed by atoms with van der Waals surface area (Å²) in [4.78, 5) is 28.3. The number of ketones is 1. The minimum absolute atomic E-state index is 0.126.